The van der Waals surface area contributed by atoms with E-state index in [2.05, 4.69) is 0 Å². The molecule has 1 atom stereocenters. The lowest BCUT2D eigenvalue weighted by molar-refractivity contribution is -0.149. The minimum Gasteiger partial charge on any atom is -0.491 e. The summed E-state index contributed by atoms with van der Waals surface area (Å²) in [6.07, 6.45) is 0.574. The van der Waals surface area contributed by atoms with Crippen molar-refractivity contribution in [2.24, 2.45) is 5.92 Å². The van der Waals surface area contributed by atoms with Crippen LogP contribution in [-0.2, 0) is 16.0 Å². The van der Waals surface area contributed by atoms with Crippen LogP contribution in [0.1, 0.15) is 12.5 Å². The molecule has 2 rings (SSSR count). The van der Waals surface area contributed by atoms with Gasteiger partial charge in [0, 0.05) is 0 Å². The van der Waals surface area contributed by atoms with E-state index < -0.39 is 0 Å². The molecule has 0 spiro atoms. The van der Waals surface area contributed by atoms with Crippen LogP contribution in [0.3, 0.4) is 0 Å². The number of hydrogen-bond acceptors (Lipinski definition) is 3. The maximum Gasteiger partial charge on any atom is 0.312 e. The van der Waals surface area contributed by atoms with Gasteiger partial charge in [0.2, 0.25) is 0 Å². The van der Waals surface area contributed by atoms with Crippen molar-refractivity contribution in [2.45, 2.75) is 13.3 Å². The van der Waals surface area contributed by atoms with E-state index in [4.69, 9.17) is 32.7 Å². The molecule has 1 unspecified atom stereocenters. The fraction of sp³-hybridized carbons (Fsp3) is 0.417. The zero-order valence-corrected chi connectivity index (χ0v) is 10.8. The Hall–Kier alpha value is -0.930. The summed E-state index contributed by atoms with van der Waals surface area (Å²) in [5, 5.41) is 0.867. The topological polar surface area (TPSA) is 35.5 Å². The molecule has 0 aliphatic carbocycles. The van der Waals surface area contributed by atoms with Gasteiger partial charge in [-0.1, -0.05) is 29.3 Å². The Bertz CT molecular complexity index is 446. The first-order valence-corrected chi connectivity index (χ1v) is 6.15. The molecule has 1 aromatic carbocycles. The van der Waals surface area contributed by atoms with Crippen LogP contribution >= 0.6 is 23.2 Å². The standard InChI is InChI=1S/C12H12Cl2O3/c1-2-16-12(15)8-5-7-3-4-9(13)10(14)11(7)17-6-8/h3-4,8H,2,5-6H2,1H3. The number of halogens is 2. The van der Waals surface area contributed by atoms with Crippen LogP contribution in [0.2, 0.25) is 10.0 Å². The Morgan fingerprint density at radius 1 is 1.53 bits per heavy atom. The fourth-order valence-corrected chi connectivity index (χ4v) is 2.20. The third-order valence-electron chi connectivity index (χ3n) is 2.65. The first-order chi connectivity index (χ1) is 8.13. The number of carbonyl (C=O) groups excluding carboxylic acids is 1. The molecule has 0 amide bonds. The van der Waals surface area contributed by atoms with Crippen molar-refractivity contribution in [3.63, 3.8) is 0 Å². The highest BCUT2D eigenvalue weighted by Crippen LogP contribution is 2.38. The highest BCUT2D eigenvalue weighted by atomic mass is 35.5. The summed E-state index contributed by atoms with van der Waals surface area (Å²) in [6.45, 7) is 2.45. The van der Waals surface area contributed by atoms with Crippen molar-refractivity contribution >= 4 is 29.2 Å². The van der Waals surface area contributed by atoms with Crippen molar-refractivity contribution in [2.75, 3.05) is 13.2 Å². The minimum atomic E-state index is -0.264. The first kappa shape index (κ1) is 12.5. The second-order valence-corrected chi connectivity index (χ2v) is 4.60. The van der Waals surface area contributed by atoms with E-state index in [-0.39, 0.29) is 18.5 Å². The molecule has 0 saturated carbocycles. The third kappa shape index (κ3) is 2.50. The van der Waals surface area contributed by atoms with Gasteiger partial charge < -0.3 is 9.47 Å². The van der Waals surface area contributed by atoms with Gasteiger partial charge in [0.15, 0.2) is 0 Å². The van der Waals surface area contributed by atoms with Crippen molar-refractivity contribution in [3.05, 3.63) is 27.7 Å². The predicted octanol–water partition coefficient (Wildman–Crippen LogP) is 3.11. The van der Waals surface area contributed by atoms with E-state index in [1.807, 2.05) is 6.07 Å². The van der Waals surface area contributed by atoms with Crippen LogP contribution in [-0.4, -0.2) is 19.2 Å². The molecule has 1 aliphatic heterocycles. The number of rotatable bonds is 2. The van der Waals surface area contributed by atoms with Crippen molar-refractivity contribution in [1.29, 1.82) is 0 Å². The van der Waals surface area contributed by atoms with Crippen LogP contribution in [0.4, 0.5) is 0 Å². The molecule has 1 aliphatic rings. The highest BCUT2D eigenvalue weighted by molar-refractivity contribution is 6.43. The summed E-state index contributed by atoms with van der Waals surface area (Å²) < 4.78 is 10.5. The molecule has 0 aromatic heterocycles. The molecule has 0 N–H and O–H groups in total. The average molecular weight is 275 g/mol. The van der Waals surface area contributed by atoms with E-state index in [0.717, 1.165) is 5.56 Å². The van der Waals surface area contributed by atoms with Crippen LogP contribution in [0.5, 0.6) is 5.75 Å². The molecular weight excluding hydrogens is 263 g/mol. The molecule has 0 bridgehead atoms. The Balaban J connectivity index is 2.20. The molecule has 17 heavy (non-hydrogen) atoms. The number of hydrogen-bond donors (Lipinski definition) is 0. The molecular formula is C12H12Cl2O3. The minimum absolute atomic E-state index is 0.232. The van der Waals surface area contributed by atoms with E-state index in [1.54, 1.807) is 13.0 Å². The summed E-state index contributed by atoms with van der Waals surface area (Å²) in [5.41, 5.74) is 0.892. The van der Waals surface area contributed by atoms with Gasteiger partial charge >= 0.3 is 5.97 Å². The van der Waals surface area contributed by atoms with Crippen LogP contribution < -0.4 is 4.74 Å². The van der Waals surface area contributed by atoms with Crippen molar-refractivity contribution < 1.29 is 14.3 Å². The first-order valence-electron chi connectivity index (χ1n) is 5.39. The number of fused-ring (bicyclic) bond motifs is 1. The molecule has 1 aromatic rings. The second-order valence-electron chi connectivity index (χ2n) is 3.81. The van der Waals surface area contributed by atoms with E-state index >= 15 is 0 Å². The summed E-state index contributed by atoms with van der Waals surface area (Å²) in [4.78, 5) is 11.6. The highest BCUT2D eigenvalue weighted by Gasteiger charge is 2.28. The third-order valence-corrected chi connectivity index (χ3v) is 3.43. The zero-order chi connectivity index (χ0) is 12.4. The SMILES string of the molecule is CCOC(=O)C1COc2c(ccc(Cl)c2Cl)C1. The Morgan fingerprint density at radius 3 is 3.00 bits per heavy atom. The second kappa shape index (κ2) is 5.15. The average Bonchev–Trinajstić information content (AvgIpc) is 2.34. The summed E-state index contributed by atoms with van der Waals surface area (Å²) in [5.74, 6) is 0.0867. The molecule has 0 fully saturated rings. The lowest BCUT2D eigenvalue weighted by atomic mass is 9.97. The normalized spacial score (nSPS) is 18.2. The van der Waals surface area contributed by atoms with Gasteiger partial charge in [0.05, 0.1) is 17.5 Å². The molecule has 3 nitrogen and oxygen atoms in total. The molecule has 1 heterocycles. The monoisotopic (exact) mass is 274 g/mol. The van der Waals surface area contributed by atoms with Gasteiger partial charge in [-0.05, 0) is 25.0 Å². The number of ether oxygens (including phenoxy) is 2. The number of benzene rings is 1. The Kier molecular flexibility index (Phi) is 3.79. The summed E-state index contributed by atoms with van der Waals surface area (Å²) in [7, 11) is 0. The summed E-state index contributed by atoms with van der Waals surface area (Å²) in [6, 6.07) is 3.54. The van der Waals surface area contributed by atoms with Crippen LogP contribution in [0.15, 0.2) is 12.1 Å². The molecule has 0 radical (unpaired) electrons. The molecule has 92 valence electrons. The van der Waals surface area contributed by atoms with Gasteiger partial charge in [-0.15, -0.1) is 0 Å². The van der Waals surface area contributed by atoms with Gasteiger partial charge in [0.25, 0.3) is 0 Å². The van der Waals surface area contributed by atoms with Gasteiger partial charge in [-0.25, -0.2) is 0 Å². The maximum atomic E-state index is 11.6. The largest absolute Gasteiger partial charge is 0.491 e. The lowest BCUT2D eigenvalue weighted by Crippen LogP contribution is -2.29. The smallest absolute Gasteiger partial charge is 0.312 e. The molecule has 5 heteroatoms. The number of carbonyl (C=O) groups is 1. The van der Waals surface area contributed by atoms with Crippen molar-refractivity contribution in [3.8, 4) is 5.75 Å². The predicted molar refractivity (Wildman–Crippen MR) is 65.8 cm³/mol. The Labute approximate surface area is 110 Å². The fourth-order valence-electron chi connectivity index (χ4n) is 1.81. The lowest BCUT2D eigenvalue weighted by Gasteiger charge is -2.24. The van der Waals surface area contributed by atoms with Gasteiger partial charge in [0.1, 0.15) is 17.4 Å². The van der Waals surface area contributed by atoms with E-state index in [0.29, 0.717) is 28.8 Å². The maximum absolute atomic E-state index is 11.6. The molecule has 0 saturated heterocycles. The number of esters is 1. The van der Waals surface area contributed by atoms with Gasteiger partial charge in [-0.3, -0.25) is 4.79 Å². The van der Waals surface area contributed by atoms with E-state index in [9.17, 15) is 4.79 Å². The van der Waals surface area contributed by atoms with Gasteiger partial charge in [-0.2, -0.15) is 0 Å². The Morgan fingerprint density at radius 2 is 2.29 bits per heavy atom. The van der Waals surface area contributed by atoms with Crippen LogP contribution in [0.25, 0.3) is 0 Å². The van der Waals surface area contributed by atoms with E-state index in [1.165, 1.54) is 0 Å². The van der Waals surface area contributed by atoms with Crippen molar-refractivity contribution in [1.82, 2.24) is 0 Å². The zero-order valence-electron chi connectivity index (χ0n) is 9.33. The van der Waals surface area contributed by atoms with Crippen LogP contribution in [0, 0.1) is 5.92 Å². The summed E-state index contributed by atoms with van der Waals surface area (Å²) >= 11 is 11.9. The quantitative estimate of drug-likeness (QED) is 0.778.